The number of rotatable bonds is 2. The van der Waals surface area contributed by atoms with E-state index < -0.39 is 0 Å². The summed E-state index contributed by atoms with van der Waals surface area (Å²) in [6.07, 6.45) is 1.36. The molecule has 58 valence electrons. The third kappa shape index (κ3) is 9.06. The monoisotopic (exact) mass is 172 g/mol. The molecule has 0 aromatic carbocycles. The zero-order chi connectivity index (χ0) is 7.49. The van der Waals surface area contributed by atoms with E-state index in [0.717, 1.165) is 5.92 Å². The first-order valence-corrected chi connectivity index (χ1v) is 4.75. The largest absolute Gasteiger partial charge is 1.00 e. The van der Waals surface area contributed by atoms with Gasteiger partial charge in [-0.1, -0.05) is 0 Å². The van der Waals surface area contributed by atoms with Crippen molar-refractivity contribution in [3.8, 4) is 0 Å². The van der Waals surface area contributed by atoms with Gasteiger partial charge in [0.1, 0.15) is 0 Å². The summed E-state index contributed by atoms with van der Waals surface area (Å²) in [5.74, 6) is 0.906. The molecule has 0 aliphatic heterocycles. The van der Waals surface area contributed by atoms with Crippen LogP contribution in [0.2, 0.25) is 4.55 Å². The van der Waals surface area contributed by atoms with Crippen LogP contribution in [0.4, 0.5) is 0 Å². The molecule has 0 radical (unpaired) electrons. The van der Waals surface area contributed by atoms with Crippen LogP contribution < -0.4 is 12.4 Å². The summed E-state index contributed by atoms with van der Waals surface area (Å²) in [5.41, 5.74) is 0.528. The van der Waals surface area contributed by atoms with E-state index in [1.807, 2.05) is 0 Å². The smallest absolute Gasteiger partial charge is 1.00 e. The van der Waals surface area contributed by atoms with E-state index in [1.165, 1.54) is 11.0 Å². The normalized spacial score (nSPS) is 14.2. The molecule has 0 aliphatic carbocycles. The van der Waals surface area contributed by atoms with E-state index >= 15 is 0 Å². The Balaban J connectivity index is 0. The minimum absolute atomic E-state index is 0. The fourth-order valence-corrected chi connectivity index (χ4v) is 1.35. The molecule has 0 N–H and O–H groups in total. The zero-order valence-electron chi connectivity index (χ0n) is 7.58. The van der Waals surface area contributed by atoms with Gasteiger partial charge in [0.15, 0.2) is 0 Å². The van der Waals surface area contributed by atoms with Crippen molar-refractivity contribution in [1.82, 2.24) is 0 Å². The Bertz CT molecular complexity index is 75.8. The molecule has 0 fully saturated rings. The Kier molecular flexibility index (Phi) is 7.74. The molecule has 0 aromatic rings. The molecule has 0 aromatic heterocycles. The number of halogens is 1. The van der Waals surface area contributed by atoms with Crippen LogP contribution in [-0.2, 0) is 0 Å². The maximum Gasteiger partial charge on any atom is -1.00 e. The SMILES string of the molecule is CC([CH2][Mg+])CC(C)(C)C.[Cl-]. The van der Waals surface area contributed by atoms with Gasteiger partial charge in [0.05, 0.1) is 0 Å². The Morgan fingerprint density at radius 3 is 1.80 bits per heavy atom. The van der Waals surface area contributed by atoms with Gasteiger partial charge in [0.25, 0.3) is 0 Å². The average molecular weight is 173 g/mol. The zero-order valence-corrected chi connectivity index (χ0v) is 9.75. The molecule has 2 heteroatoms. The maximum atomic E-state index is 2.33. The summed E-state index contributed by atoms with van der Waals surface area (Å²) < 4.78 is 1.34. The van der Waals surface area contributed by atoms with Gasteiger partial charge in [0.2, 0.25) is 0 Å². The molecule has 0 bridgehead atoms. The Morgan fingerprint density at radius 2 is 1.70 bits per heavy atom. The third-order valence-electron chi connectivity index (χ3n) is 1.45. The molecule has 0 saturated carbocycles. The van der Waals surface area contributed by atoms with E-state index in [9.17, 15) is 0 Å². The van der Waals surface area contributed by atoms with Crippen molar-refractivity contribution < 1.29 is 12.4 Å². The van der Waals surface area contributed by atoms with Crippen molar-refractivity contribution in [2.45, 2.75) is 38.7 Å². The second kappa shape index (κ2) is 5.67. The summed E-state index contributed by atoms with van der Waals surface area (Å²) in [6.45, 7) is 9.26. The number of hydrogen-bond acceptors (Lipinski definition) is 0. The second-order valence-electron chi connectivity index (χ2n) is 4.16. The van der Waals surface area contributed by atoms with Gasteiger partial charge < -0.3 is 12.4 Å². The quantitative estimate of drug-likeness (QED) is 0.500. The molecule has 0 nitrogen and oxygen atoms in total. The van der Waals surface area contributed by atoms with Crippen LogP contribution in [0.3, 0.4) is 0 Å². The standard InChI is InChI=1S/C8H17.ClH.Mg/c1-7(2)6-8(3,4)5;;/h7H,1,6H2,2-5H3;1H;/q;;+1/p-1. The van der Waals surface area contributed by atoms with Gasteiger partial charge in [-0.25, -0.2) is 0 Å². The molecule has 0 rings (SSSR count). The van der Waals surface area contributed by atoms with Crippen LogP contribution in [0.5, 0.6) is 0 Å². The van der Waals surface area contributed by atoms with Gasteiger partial charge in [-0.15, -0.1) is 0 Å². The van der Waals surface area contributed by atoms with E-state index in [2.05, 4.69) is 49.4 Å². The Hall–Kier alpha value is 1.06. The first-order chi connectivity index (χ1) is 3.95. The van der Waals surface area contributed by atoms with E-state index in [1.54, 1.807) is 0 Å². The molecular formula is C8H17ClMg. The molecule has 0 spiro atoms. The fraction of sp³-hybridized carbons (Fsp3) is 1.00. The van der Waals surface area contributed by atoms with Gasteiger partial charge in [0, 0.05) is 0 Å². The van der Waals surface area contributed by atoms with E-state index in [-0.39, 0.29) is 12.4 Å². The predicted octanol–water partition coefficient (Wildman–Crippen LogP) is -0.350. The van der Waals surface area contributed by atoms with Crippen molar-refractivity contribution in [3.05, 3.63) is 0 Å². The van der Waals surface area contributed by atoms with Crippen molar-refractivity contribution in [2.24, 2.45) is 11.3 Å². The van der Waals surface area contributed by atoms with Crippen LogP contribution >= 0.6 is 0 Å². The molecular weight excluding hydrogens is 156 g/mol. The van der Waals surface area contributed by atoms with Crippen molar-refractivity contribution in [3.63, 3.8) is 0 Å². The Labute approximate surface area is 84.0 Å². The summed E-state index contributed by atoms with van der Waals surface area (Å²) in [4.78, 5) is 0. The molecule has 1 atom stereocenters. The van der Waals surface area contributed by atoms with Crippen molar-refractivity contribution in [2.75, 3.05) is 0 Å². The van der Waals surface area contributed by atoms with Crippen molar-refractivity contribution in [1.29, 1.82) is 0 Å². The topological polar surface area (TPSA) is 0 Å². The molecule has 1 unspecified atom stereocenters. The summed E-state index contributed by atoms with van der Waals surface area (Å²) in [7, 11) is 0. The molecule has 0 saturated heterocycles. The minimum atomic E-state index is 0. The van der Waals surface area contributed by atoms with Gasteiger partial charge in [-0.3, -0.25) is 0 Å². The molecule has 10 heavy (non-hydrogen) atoms. The fourth-order valence-electron chi connectivity index (χ4n) is 1.15. The third-order valence-corrected chi connectivity index (χ3v) is 2.44. The van der Waals surface area contributed by atoms with Crippen molar-refractivity contribution >= 4 is 21.7 Å². The first-order valence-electron chi connectivity index (χ1n) is 3.75. The van der Waals surface area contributed by atoms with Gasteiger partial charge in [-0.05, 0) is 0 Å². The maximum absolute atomic E-state index is 2.33. The van der Waals surface area contributed by atoms with Gasteiger partial charge in [-0.2, -0.15) is 0 Å². The first kappa shape index (κ1) is 13.6. The van der Waals surface area contributed by atoms with Crippen LogP contribution in [-0.4, -0.2) is 21.7 Å². The predicted molar refractivity (Wildman–Crippen MR) is 43.8 cm³/mol. The van der Waals surface area contributed by atoms with Crippen LogP contribution in [0.15, 0.2) is 0 Å². The number of hydrogen-bond donors (Lipinski definition) is 0. The Morgan fingerprint density at radius 1 is 1.30 bits per heavy atom. The van der Waals surface area contributed by atoms with Gasteiger partial charge >= 0.3 is 71.7 Å². The summed E-state index contributed by atoms with van der Waals surface area (Å²) >= 11 is 2.08. The van der Waals surface area contributed by atoms with Crippen LogP contribution in [0.25, 0.3) is 0 Å². The average Bonchev–Trinajstić information content (AvgIpc) is 1.62. The molecule has 0 amide bonds. The minimum Gasteiger partial charge on any atom is -1.00 e. The van der Waals surface area contributed by atoms with E-state index in [0.29, 0.717) is 5.41 Å². The summed E-state index contributed by atoms with van der Waals surface area (Å²) in [5, 5.41) is 0. The summed E-state index contributed by atoms with van der Waals surface area (Å²) in [6, 6.07) is 0. The second-order valence-corrected chi connectivity index (χ2v) is 4.74. The van der Waals surface area contributed by atoms with Crippen LogP contribution in [0.1, 0.15) is 34.1 Å². The molecule has 0 aliphatic rings. The van der Waals surface area contributed by atoms with Crippen LogP contribution in [0, 0.1) is 11.3 Å². The molecule has 0 heterocycles. The van der Waals surface area contributed by atoms with E-state index in [4.69, 9.17) is 0 Å².